The Hall–Kier alpha value is -0.830. The Morgan fingerprint density at radius 3 is 1.90 bits per heavy atom. The molecule has 0 aliphatic heterocycles. The Labute approximate surface area is 130 Å². The quantitative estimate of drug-likeness (QED) is 0.370. The van der Waals surface area contributed by atoms with Gasteiger partial charge in [0.2, 0.25) is 0 Å². The van der Waals surface area contributed by atoms with E-state index in [1.807, 2.05) is 6.92 Å². The Kier molecular flexibility index (Phi) is 14.9. The maximum absolute atomic E-state index is 10.2. The molecule has 0 aromatic carbocycles. The number of carbonyl (C=O) groups excluding carboxylic acids is 1. The van der Waals surface area contributed by atoms with Gasteiger partial charge < -0.3 is 15.0 Å². The van der Waals surface area contributed by atoms with Gasteiger partial charge in [-0.15, -0.1) is 0 Å². The van der Waals surface area contributed by atoms with Crippen molar-refractivity contribution >= 4 is 5.97 Å². The molecule has 21 heavy (non-hydrogen) atoms. The molecular weight excluding hydrogens is 264 g/mol. The van der Waals surface area contributed by atoms with Crippen molar-refractivity contribution in [1.29, 1.82) is 0 Å². The zero-order chi connectivity index (χ0) is 15.8. The van der Waals surface area contributed by atoms with E-state index in [9.17, 15) is 9.90 Å². The highest BCUT2D eigenvalue weighted by Gasteiger charge is 1.95. The molecule has 3 heteroatoms. The van der Waals surface area contributed by atoms with Gasteiger partial charge in [-0.3, -0.25) is 0 Å². The van der Waals surface area contributed by atoms with Crippen LogP contribution in [0.15, 0.2) is 12.2 Å². The second-order valence-electron chi connectivity index (χ2n) is 5.99. The number of carboxylic acid groups (broad SMARTS) is 1. The zero-order valence-corrected chi connectivity index (χ0v) is 13.7. The molecule has 0 aliphatic rings. The van der Waals surface area contributed by atoms with Gasteiger partial charge in [-0.1, -0.05) is 50.7 Å². The topological polar surface area (TPSA) is 60.4 Å². The van der Waals surface area contributed by atoms with Gasteiger partial charge in [0.1, 0.15) is 0 Å². The number of aliphatic hydroxyl groups is 1. The number of allylic oxidation sites excluding steroid dienone is 2. The minimum Gasteiger partial charge on any atom is -0.550 e. The molecule has 0 aliphatic carbocycles. The highest BCUT2D eigenvalue weighted by molar-refractivity contribution is 5.63. The summed E-state index contributed by atoms with van der Waals surface area (Å²) in [6.07, 6.45) is 18.0. The van der Waals surface area contributed by atoms with Crippen LogP contribution in [0.4, 0.5) is 0 Å². The molecule has 0 radical (unpaired) electrons. The molecule has 0 fully saturated rings. The van der Waals surface area contributed by atoms with E-state index in [1.54, 1.807) is 0 Å². The van der Waals surface area contributed by atoms with E-state index in [2.05, 4.69) is 12.2 Å². The average Bonchev–Trinajstić information content (AvgIpc) is 2.42. The summed E-state index contributed by atoms with van der Waals surface area (Å²) in [5.41, 5.74) is 0. The standard InChI is InChI=1S/C18H34O3/c1-17(19)15-13-11-9-7-5-3-2-4-6-8-10-12-14-16-18(20)21/h2-3,17,19H,4-16H2,1H3,(H,20,21)/p-1/b3-2-. The van der Waals surface area contributed by atoms with Gasteiger partial charge in [-0.25, -0.2) is 0 Å². The highest BCUT2D eigenvalue weighted by Crippen LogP contribution is 2.09. The van der Waals surface area contributed by atoms with Gasteiger partial charge in [-0.05, 0) is 51.9 Å². The molecule has 0 rings (SSSR count). The van der Waals surface area contributed by atoms with Gasteiger partial charge in [-0.2, -0.15) is 0 Å². The van der Waals surface area contributed by atoms with Crippen LogP contribution in [0.25, 0.3) is 0 Å². The highest BCUT2D eigenvalue weighted by atomic mass is 16.4. The van der Waals surface area contributed by atoms with Crippen LogP contribution in [0.1, 0.15) is 90.4 Å². The largest absolute Gasteiger partial charge is 0.550 e. The maximum Gasteiger partial charge on any atom is 0.0512 e. The lowest BCUT2D eigenvalue weighted by atomic mass is 10.1. The first kappa shape index (κ1) is 20.2. The Bertz CT molecular complexity index is 259. The molecule has 124 valence electrons. The minimum absolute atomic E-state index is 0.148. The van der Waals surface area contributed by atoms with E-state index in [-0.39, 0.29) is 12.5 Å². The normalized spacial score (nSPS) is 12.9. The van der Waals surface area contributed by atoms with E-state index in [0.29, 0.717) is 0 Å². The first-order valence-electron chi connectivity index (χ1n) is 8.66. The zero-order valence-electron chi connectivity index (χ0n) is 13.7. The van der Waals surface area contributed by atoms with Crippen LogP contribution in [-0.2, 0) is 4.79 Å². The summed E-state index contributed by atoms with van der Waals surface area (Å²) in [4.78, 5) is 10.2. The Balaban J connectivity index is 3.10. The van der Waals surface area contributed by atoms with Crippen LogP contribution in [-0.4, -0.2) is 17.2 Å². The molecule has 1 N–H and O–H groups in total. The molecule has 0 aromatic heterocycles. The number of carbonyl (C=O) groups is 1. The first-order chi connectivity index (χ1) is 10.1. The fourth-order valence-corrected chi connectivity index (χ4v) is 2.35. The molecule has 0 heterocycles. The van der Waals surface area contributed by atoms with Crippen LogP contribution in [0.3, 0.4) is 0 Å². The van der Waals surface area contributed by atoms with Crippen molar-refractivity contribution in [2.24, 2.45) is 0 Å². The minimum atomic E-state index is -0.927. The van der Waals surface area contributed by atoms with Crippen molar-refractivity contribution in [3.63, 3.8) is 0 Å². The molecule has 0 amide bonds. The summed E-state index contributed by atoms with van der Waals surface area (Å²) < 4.78 is 0. The van der Waals surface area contributed by atoms with Gasteiger partial charge in [0.05, 0.1) is 6.10 Å². The molecule has 0 bridgehead atoms. The number of unbranched alkanes of at least 4 members (excludes halogenated alkanes) is 9. The predicted molar refractivity (Wildman–Crippen MR) is 85.8 cm³/mol. The SMILES string of the molecule is CC(O)CCCCCC/C=C\CCCCCCCC(=O)[O-]. The molecule has 0 aromatic rings. The van der Waals surface area contributed by atoms with Crippen LogP contribution in [0.2, 0.25) is 0 Å². The molecule has 0 spiro atoms. The Morgan fingerprint density at radius 1 is 0.905 bits per heavy atom. The molecule has 3 nitrogen and oxygen atoms in total. The summed E-state index contributed by atoms with van der Waals surface area (Å²) in [5, 5.41) is 19.3. The van der Waals surface area contributed by atoms with Crippen LogP contribution < -0.4 is 5.11 Å². The number of carboxylic acids is 1. The maximum atomic E-state index is 10.2. The van der Waals surface area contributed by atoms with Crippen molar-refractivity contribution in [3.8, 4) is 0 Å². The number of aliphatic carboxylic acids is 1. The summed E-state index contributed by atoms with van der Waals surface area (Å²) in [5.74, 6) is -0.927. The lowest BCUT2D eigenvalue weighted by molar-refractivity contribution is -0.305. The van der Waals surface area contributed by atoms with Crippen molar-refractivity contribution in [3.05, 3.63) is 12.2 Å². The van der Waals surface area contributed by atoms with E-state index in [1.165, 1.54) is 38.5 Å². The van der Waals surface area contributed by atoms with E-state index in [4.69, 9.17) is 5.11 Å². The lowest BCUT2D eigenvalue weighted by Gasteiger charge is -2.02. The monoisotopic (exact) mass is 297 g/mol. The van der Waals surface area contributed by atoms with Crippen LogP contribution in [0.5, 0.6) is 0 Å². The third kappa shape index (κ3) is 19.2. The number of rotatable bonds is 15. The second-order valence-corrected chi connectivity index (χ2v) is 5.99. The van der Waals surface area contributed by atoms with Gasteiger partial charge in [0, 0.05) is 5.97 Å². The Morgan fingerprint density at radius 2 is 1.38 bits per heavy atom. The molecular formula is C18H33O3-. The van der Waals surface area contributed by atoms with Gasteiger partial charge >= 0.3 is 0 Å². The molecule has 0 saturated carbocycles. The first-order valence-corrected chi connectivity index (χ1v) is 8.66. The summed E-state index contributed by atoms with van der Waals surface area (Å²) in [6, 6.07) is 0. The fraction of sp³-hybridized carbons (Fsp3) is 0.833. The predicted octanol–water partition coefficient (Wildman–Crippen LogP) is 3.74. The lowest BCUT2D eigenvalue weighted by Crippen LogP contribution is -2.21. The van der Waals surface area contributed by atoms with Crippen molar-refractivity contribution < 1.29 is 15.0 Å². The summed E-state index contributed by atoms with van der Waals surface area (Å²) >= 11 is 0. The third-order valence-corrected chi connectivity index (χ3v) is 3.66. The number of aliphatic hydroxyl groups excluding tert-OH is 1. The van der Waals surface area contributed by atoms with Crippen LogP contribution >= 0.6 is 0 Å². The van der Waals surface area contributed by atoms with Gasteiger partial charge in [0.25, 0.3) is 0 Å². The number of hydrogen-bond acceptors (Lipinski definition) is 3. The third-order valence-electron chi connectivity index (χ3n) is 3.66. The molecule has 0 saturated heterocycles. The number of hydrogen-bond donors (Lipinski definition) is 1. The molecule has 1 atom stereocenters. The summed E-state index contributed by atoms with van der Waals surface area (Å²) in [7, 11) is 0. The van der Waals surface area contributed by atoms with Crippen molar-refractivity contribution in [1.82, 2.24) is 0 Å². The second kappa shape index (κ2) is 15.6. The summed E-state index contributed by atoms with van der Waals surface area (Å²) in [6.45, 7) is 1.85. The van der Waals surface area contributed by atoms with Crippen molar-refractivity contribution in [2.45, 2.75) is 96.5 Å². The van der Waals surface area contributed by atoms with Crippen LogP contribution in [0, 0.1) is 0 Å². The smallest absolute Gasteiger partial charge is 0.0512 e. The van der Waals surface area contributed by atoms with E-state index in [0.717, 1.165) is 38.5 Å². The molecule has 1 unspecified atom stereocenters. The van der Waals surface area contributed by atoms with Crippen molar-refractivity contribution in [2.75, 3.05) is 0 Å². The van der Waals surface area contributed by atoms with Gasteiger partial charge in [0.15, 0.2) is 0 Å². The average molecular weight is 297 g/mol. The fourth-order valence-electron chi connectivity index (χ4n) is 2.35. The van der Waals surface area contributed by atoms with E-state index < -0.39 is 5.97 Å². The van der Waals surface area contributed by atoms with E-state index >= 15 is 0 Å².